The Morgan fingerprint density at radius 3 is 2.13 bits per heavy atom. The van der Waals surface area contributed by atoms with Crippen LogP contribution in [0.15, 0.2) is 46.6 Å². The molecule has 0 saturated carbocycles. The number of ketones is 2. The second-order valence-electron chi connectivity index (χ2n) is 7.03. The van der Waals surface area contributed by atoms with Crippen LogP contribution in [0.2, 0.25) is 0 Å². The van der Waals surface area contributed by atoms with Crippen molar-refractivity contribution in [2.45, 2.75) is 65.7 Å². The fourth-order valence-electron chi connectivity index (χ4n) is 3.22. The molecule has 2 heteroatoms. The molecule has 0 aliphatic heterocycles. The maximum atomic E-state index is 12.3. The summed E-state index contributed by atoms with van der Waals surface area (Å²) in [5, 5.41) is 0. The van der Waals surface area contributed by atoms with Crippen LogP contribution in [-0.4, -0.2) is 11.6 Å². The third-order valence-corrected chi connectivity index (χ3v) is 4.81. The van der Waals surface area contributed by atoms with Crippen molar-refractivity contribution in [2.24, 2.45) is 5.92 Å². The highest BCUT2D eigenvalue weighted by molar-refractivity contribution is 6.09. The topological polar surface area (TPSA) is 34.1 Å². The first-order valence-electron chi connectivity index (χ1n) is 8.70. The van der Waals surface area contributed by atoms with Crippen LogP contribution in [-0.2, 0) is 9.59 Å². The molecule has 0 aromatic carbocycles. The van der Waals surface area contributed by atoms with Crippen LogP contribution < -0.4 is 0 Å². The normalized spacial score (nSPS) is 31.5. The minimum Gasteiger partial charge on any atom is -0.295 e. The number of allylic oxidation sites excluding steroid dienone is 8. The monoisotopic (exact) mass is 312 g/mol. The SMILES string of the molecule is C/C1=C/CC/C(C)=C/CC/C(C)=C/CC2=CC(=O)[C@H](CC2=O)C1. The van der Waals surface area contributed by atoms with Gasteiger partial charge < -0.3 is 0 Å². The van der Waals surface area contributed by atoms with E-state index in [1.165, 1.54) is 16.7 Å². The standard InChI is InChI=1S/C21H28O2/c1-15-6-4-8-16(2)10-11-18-13-21(23)19(14-20(18)22)12-17(3)9-5-7-15/h6,9-10,13,19H,4-5,7-8,11-12,14H2,1-3H3/b15-6+,16-10+,17-9-/t19-/m0/s1. The lowest BCUT2D eigenvalue weighted by atomic mass is 9.82. The largest absolute Gasteiger partial charge is 0.295 e. The molecule has 2 bridgehead atoms. The van der Waals surface area contributed by atoms with E-state index in [9.17, 15) is 9.59 Å². The van der Waals surface area contributed by atoms with Crippen LogP contribution in [0.1, 0.15) is 65.7 Å². The number of Topliss-reactive ketones (excluding diaryl/α,β-unsaturated/α-hetero) is 1. The summed E-state index contributed by atoms with van der Waals surface area (Å²) in [5.41, 5.74) is 4.64. The van der Waals surface area contributed by atoms with Crippen molar-refractivity contribution in [3.05, 3.63) is 46.6 Å². The lowest BCUT2D eigenvalue weighted by Gasteiger charge is -2.20. The van der Waals surface area contributed by atoms with Crippen LogP contribution in [0.4, 0.5) is 0 Å². The number of rotatable bonds is 0. The summed E-state index contributed by atoms with van der Waals surface area (Å²) < 4.78 is 0. The zero-order valence-corrected chi connectivity index (χ0v) is 14.7. The van der Waals surface area contributed by atoms with Crippen molar-refractivity contribution in [1.29, 1.82) is 0 Å². The maximum Gasteiger partial charge on any atom is 0.160 e. The highest BCUT2D eigenvalue weighted by Gasteiger charge is 2.27. The Labute approximate surface area is 140 Å². The number of carbonyl (C=O) groups excluding carboxylic acids is 2. The number of carbonyl (C=O) groups is 2. The van der Waals surface area contributed by atoms with E-state index in [-0.39, 0.29) is 17.5 Å². The Balaban J connectivity index is 2.22. The van der Waals surface area contributed by atoms with Crippen LogP contribution in [0.25, 0.3) is 0 Å². The van der Waals surface area contributed by atoms with Gasteiger partial charge in [0.15, 0.2) is 11.6 Å². The first kappa shape index (κ1) is 17.7. The minimum atomic E-state index is -0.155. The summed E-state index contributed by atoms with van der Waals surface area (Å²) in [7, 11) is 0. The van der Waals surface area contributed by atoms with Gasteiger partial charge in [0.25, 0.3) is 0 Å². The number of hydrogen-bond acceptors (Lipinski definition) is 2. The van der Waals surface area contributed by atoms with E-state index >= 15 is 0 Å². The van der Waals surface area contributed by atoms with Gasteiger partial charge in [0.1, 0.15) is 0 Å². The van der Waals surface area contributed by atoms with E-state index in [0.29, 0.717) is 24.8 Å². The van der Waals surface area contributed by atoms with Gasteiger partial charge >= 0.3 is 0 Å². The molecular weight excluding hydrogens is 284 g/mol. The molecule has 0 radical (unpaired) electrons. The molecule has 23 heavy (non-hydrogen) atoms. The Bertz CT molecular complexity index is 599. The smallest absolute Gasteiger partial charge is 0.160 e. The van der Waals surface area contributed by atoms with Crippen LogP contribution in [0.5, 0.6) is 0 Å². The lowest BCUT2D eigenvalue weighted by Crippen LogP contribution is -2.24. The van der Waals surface area contributed by atoms with Gasteiger partial charge in [-0.15, -0.1) is 0 Å². The molecule has 1 atom stereocenters. The zero-order chi connectivity index (χ0) is 16.8. The van der Waals surface area contributed by atoms with Gasteiger partial charge in [0, 0.05) is 17.9 Å². The molecule has 0 unspecified atom stereocenters. The van der Waals surface area contributed by atoms with E-state index in [1.807, 2.05) is 0 Å². The Hall–Kier alpha value is -1.70. The van der Waals surface area contributed by atoms with Crippen LogP contribution in [0.3, 0.4) is 0 Å². The minimum absolute atomic E-state index is 0.126. The van der Waals surface area contributed by atoms with Gasteiger partial charge in [0.05, 0.1) is 0 Å². The number of fused-ring (bicyclic) bond motifs is 10. The van der Waals surface area contributed by atoms with Gasteiger partial charge in [-0.05, 0) is 65.4 Å². The van der Waals surface area contributed by atoms with Gasteiger partial charge in [-0.25, -0.2) is 0 Å². The molecule has 0 heterocycles. The van der Waals surface area contributed by atoms with Gasteiger partial charge in [-0.2, -0.15) is 0 Å². The van der Waals surface area contributed by atoms with E-state index in [0.717, 1.165) is 25.7 Å². The Kier molecular flexibility index (Phi) is 6.32. The first-order chi connectivity index (χ1) is 11.0. The summed E-state index contributed by atoms with van der Waals surface area (Å²) >= 11 is 0. The van der Waals surface area contributed by atoms with Gasteiger partial charge in [-0.1, -0.05) is 34.9 Å². The molecule has 0 aromatic rings. The average molecular weight is 312 g/mol. The van der Waals surface area contributed by atoms with Crippen molar-refractivity contribution in [1.82, 2.24) is 0 Å². The fourth-order valence-corrected chi connectivity index (χ4v) is 3.22. The summed E-state index contributed by atoms with van der Waals surface area (Å²) in [5.74, 6) is 0.118. The third-order valence-electron chi connectivity index (χ3n) is 4.81. The van der Waals surface area contributed by atoms with Crippen molar-refractivity contribution in [3.8, 4) is 0 Å². The van der Waals surface area contributed by atoms with E-state index < -0.39 is 0 Å². The molecule has 3 aliphatic rings. The van der Waals surface area contributed by atoms with Crippen molar-refractivity contribution in [3.63, 3.8) is 0 Å². The van der Waals surface area contributed by atoms with E-state index in [4.69, 9.17) is 0 Å². The molecule has 3 aliphatic carbocycles. The van der Waals surface area contributed by atoms with E-state index in [1.54, 1.807) is 6.08 Å². The molecule has 0 saturated heterocycles. The molecule has 2 nitrogen and oxygen atoms in total. The van der Waals surface area contributed by atoms with Gasteiger partial charge in [0.2, 0.25) is 0 Å². The second kappa shape index (κ2) is 8.24. The molecule has 124 valence electrons. The predicted molar refractivity (Wildman–Crippen MR) is 95.2 cm³/mol. The maximum absolute atomic E-state index is 12.3. The summed E-state index contributed by atoms with van der Waals surface area (Å²) in [6.45, 7) is 6.38. The number of hydrogen-bond donors (Lipinski definition) is 0. The average Bonchev–Trinajstić information content (AvgIpc) is 2.48. The molecule has 3 rings (SSSR count). The predicted octanol–water partition coefficient (Wildman–Crippen LogP) is 5.26. The molecular formula is C21H28O2. The highest BCUT2D eigenvalue weighted by Crippen LogP contribution is 2.27. The quantitative estimate of drug-likeness (QED) is 0.571. The first-order valence-corrected chi connectivity index (χ1v) is 8.70. The molecule has 0 amide bonds. The zero-order valence-electron chi connectivity index (χ0n) is 14.7. The third kappa shape index (κ3) is 5.46. The Morgan fingerprint density at radius 2 is 1.43 bits per heavy atom. The molecule has 0 spiro atoms. The van der Waals surface area contributed by atoms with Crippen molar-refractivity contribution >= 4 is 11.6 Å². The van der Waals surface area contributed by atoms with Gasteiger partial charge in [-0.3, -0.25) is 9.59 Å². The fraction of sp³-hybridized carbons (Fsp3) is 0.524. The van der Waals surface area contributed by atoms with Crippen molar-refractivity contribution < 1.29 is 9.59 Å². The molecule has 0 N–H and O–H groups in total. The lowest BCUT2D eigenvalue weighted by molar-refractivity contribution is -0.125. The Morgan fingerprint density at radius 1 is 0.826 bits per heavy atom. The highest BCUT2D eigenvalue weighted by atomic mass is 16.1. The second-order valence-corrected chi connectivity index (χ2v) is 7.03. The van der Waals surface area contributed by atoms with Crippen LogP contribution in [0, 0.1) is 5.92 Å². The molecule has 0 fully saturated rings. The van der Waals surface area contributed by atoms with E-state index in [2.05, 4.69) is 39.0 Å². The molecule has 0 aromatic heterocycles. The van der Waals surface area contributed by atoms with Crippen LogP contribution >= 0.6 is 0 Å². The summed E-state index contributed by atoms with van der Waals surface area (Å²) in [6, 6.07) is 0. The van der Waals surface area contributed by atoms with Crippen molar-refractivity contribution in [2.75, 3.05) is 0 Å². The summed E-state index contributed by atoms with van der Waals surface area (Å²) in [6.07, 6.45) is 14.1. The summed E-state index contributed by atoms with van der Waals surface area (Å²) in [4.78, 5) is 24.6.